The van der Waals surface area contributed by atoms with Crippen molar-refractivity contribution in [1.82, 2.24) is 19.7 Å². The summed E-state index contributed by atoms with van der Waals surface area (Å²) in [6.07, 6.45) is 0.838. The van der Waals surface area contributed by atoms with E-state index in [2.05, 4.69) is 19.7 Å². The Kier molecular flexibility index (Phi) is 7.34. The van der Waals surface area contributed by atoms with E-state index < -0.39 is 0 Å². The maximum absolute atomic E-state index is 13.2. The topological polar surface area (TPSA) is 52.8 Å². The van der Waals surface area contributed by atoms with E-state index >= 15 is 0 Å². The van der Waals surface area contributed by atoms with Gasteiger partial charge in [-0.15, -0.1) is 21.5 Å². The van der Waals surface area contributed by atoms with Crippen molar-refractivity contribution in [2.45, 2.75) is 23.9 Å². The first-order valence-corrected chi connectivity index (χ1v) is 11.9. The predicted octanol–water partition coefficient (Wildman–Crippen LogP) is 6.19. The van der Waals surface area contributed by atoms with Crippen molar-refractivity contribution in [2.24, 2.45) is 0 Å². The molecule has 4 aromatic rings. The summed E-state index contributed by atoms with van der Waals surface area (Å²) in [6.45, 7) is 1.37. The number of thioether (sulfide) groups is 1. The summed E-state index contributed by atoms with van der Waals surface area (Å²) in [6, 6.07) is 14.0. The van der Waals surface area contributed by atoms with Gasteiger partial charge in [-0.3, -0.25) is 0 Å². The monoisotopic (exact) mass is 474 g/mol. The molecule has 2 aromatic carbocycles. The van der Waals surface area contributed by atoms with Gasteiger partial charge in [0.25, 0.3) is 0 Å². The molecule has 0 saturated carbocycles. The summed E-state index contributed by atoms with van der Waals surface area (Å²) < 4.78 is 20.5. The lowest BCUT2D eigenvalue weighted by Crippen LogP contribution is -2.05. The van der Waals surface area contributed by atoms with E-state index in [0.717, 1.165) is 45.8 Å². The first kappa shape index (κ1) is 22.0. The molecule has 2 aromatic heterocycles. The number of nitrogens with zero attached hydrogens (tertiary/aromatic N) is 4. The first-order chi connectivity index (χ1) is 15.2. The van der Waals surface area contributed by atoms with Crippen molar-refractivity contribution in [2.75, 3.05) is 13.7 Å². The van der Waals surface area contributed by atoms with E-state index in [4.69, 9.17) is 16.3 Å². The van der Waals surface area contributed by atoms with E-state index in [1.165, 1.54) is 12.1 Å². The van der Waals surface area contributed by atoms with Gasteiger partial charge < -0.3 is 9.30 Å². The van der Waals surface area contributed by atoms with Crippen molar-refractivity contribution in [1.29, 1.82) is 0 Å². The Morgan fingerprint density at radius 1 is 1.13 bits per heavy atom. The fraction of sp³-hybridized carbons (Fsp3) is 0.227. The summed E-state index contributed by atoms with van der Waals surface area (Å²) in [4.78, 5) is 4.69. The Hall–Kier alpha value is -2.26. The molecule has 0 radical (unpaired) electrons. The third-order valence-electron chi connectivity index (χ3n) is 4.55. The molecule has 160 valence electrons. The average Bonchev–Trinajstić information content (AvgIpc) is 3.41. The molecule has 0 spiro atoms. The normalized spacial score (nSPS) is 11.2. The third kappa shape index (κ3) is 5.33. The Bertz CT molecular complexity index is 1150. The second kappa shape index (κ2) is 10.4. The highest BCUT2D eigenvalue weighted by molar-refractivity contribution is 7.98. The second-order valence-corrected chi connectivity index (χ2v) is 8.93. The number of thiazole rings is 1. The largest absolute Gasteiger partial charge is 0.385 e. The van der Waals surface area contributed by atoms with Crippen molar-refractivity contribution < 1.29 is 9.13 Å². The van der Waals surface area contributed by atoms with Gasteiger partial charge in [-0.2, -0.15) is 0 Å². The van der Waals surface area contributed by atoms with Crippen LogP contribution in [0.2, 0.25) is 5.02 Å². The van der Waals surface area contributed by atoms with E-state index in [-0.39, 0.29) is 5.82 Å². The zero-order valence-electron chi connectivity index (χ0n) is 16.8. The van der Waals surface area contributed by atoms with Gasteiger partial charge in [0, 0.05) is 42.5 Å². The van der Waals surface area contributed by atoms with Crippen molar-refractivity contribution in [3.63, 3.8) is 0 Å². The summed E-state index contributed by atoms with van der Waals surface area (Å²) in [5, 5.41) is 13.2. The summed E-state index contributed by atoms with van der Waals surface area (Å²) in [5.41, 5.74) is 2.71. The number of ether oxygens (including phenoxy) is 1. The van der Waals surface area contributed by atoms with Gasteiger partial charge in [-0.1, -0.05) is 35.5 Å². The van der Waals surface area contributed by atoms with Crippen LogP contribution in [0.4, 0.5) is 4.39 Å². The molecule has 0 atom stereocenters. The zero-order chi connectivity index (χ0) is 21.6. The Labute approximate surface area is 193 Å². The number of rotatable bonds is 9. The molecule has 0 aliphatic rings. The Morgan fingerprint density at radius 2 is 1.94 bits per heavy atom. The van der Waals surface area contributed by atoms with Gasteiger partial charge in [-0.05, 0) is 42.8 Å². The molecule has 0 fully saturated rings. The molecule has 0 amide bonds. The van der Waals surface area contributed by atoms with Gasteiger partial charge in [0.15, 0.2) is 11.0 Å². The quantitative estimate of drug-likeness (QED) is 0.214. The molecule has 5 nitrogen and oxygen atoms in total. The highest BCUT2D eigenvalue weighted by Crippen LogP contribution is 2.32. The SMILES string of the molecule is COCCCn1c(SCc2csc(-c3ccc(F)cc3)n2)nnc1-c1ccccc1Cl. The summed E-state index contributed by atoms with van der Waals surface area (Å²) in [5.74, 6) is 1.15. The average molecular weight is 475 g/mol. The number of hydrogen-bond acceptors (Lipinski definition) is 6. The van der Waals surface area contributed by atoms with Crippen LogP contribution in [0.25, 0.3) is 22.0 Å². The lowest BCUT2D eigenvalue weighted by Gasteiger charge is -2.10. The number of aromatic nitrogens is 4. The molecule has 9 heteroatoms. The smallest absolute Gasteiger partial charge is 0.191 e. The first-order valence-electron chi connectivity index (χ1n) is 9.66. The van der Waals surface area contributed by atoms with Crippen LogP contribution in [-0.2, 0) is 17.0 Å². The molecular weight excluding hydrogens is 455 g/mol. The fourth-order valence-electron chi connectivity index (χ4n) is 3.04. The van der Waals surface area contributed by atoms with Crippen LogP contribution >= 0.6 is 34.7 Å². The van der Waals surface area contributed by atoms with Crippen LogP contribution in [0.5, 0.6) is 0 Å². The van der Waals surface area contributed by atoms with Crippen LogP contribution in [0.1, 0.15) is 12.1 Å². The summed E-state index contributed by atoms with van der Waals surface area (Å²) >= 11 is 9.53. The van der Waals surface area contributed by atoms with Gasteiger partial charge in [0.1, 0.15) is 10.8 Å². The van der Waals surface area contributed by atoms with Crippen molar-refractivity contribution in [3.8, 4) is 22.0 Å². The van der Waals surface area contributed by atoms with Crippen LogP contribution in [-0.4, -0.2) is 33.5 Å². The van der Waals surface area contributed by atoms with Crippen LogP contribution in [0.3, 0.4) is 0 Å². The number of benzene rings is 2. The fourth-order valence-corrected chi connectivity index (χ4v) is 5.05. The molecule has 0 unspecified atom stereocenters. The number of methoxy groups -OCH3 is 1. The molecule has 2 heterocycles. The third-order valence-corrected chi connectivity index (χ3v) is 6.82. The number of halogens is 2. The van der Waals surface area contributed by atoms with Gasteiger partial charge in [0.05, 0.1) is 10.7 Å². The standard InChI is InChI=1S/C22H20ClFN4OS2/c1-29-12-4-11-28-20(18-5-2-3-6-19(18)23)26-27-22(28)31-14-17-13-30-21(25-17)15-7-9-16(24)10-8-15/h2-3,5-10,13H,4,11-12,14H2,1H3. The highest BCUT2D eigenvalue weighted by atomic mass is 35.5. The second-order valence-electron chi connectivity index (χ2n) is 6.72. The van der Waals surface area contributed by atoms with E-state index in [0.29, 0.717) is 17.4 Å². The highest BCUT2D eigenvalue weighted by Gasteiger charge is 2.17. The minimum atomic E-state index is -0.252. The lowest BCUT2D eigenvalue weighted by molar-refractivity contribution is 0.189. The summed E-state index contributed by atoms with van der Waals surface area (Å²) in [7, 11) is 1.69. The minimum Gasteiger partial charge on any atom is -0.385 e. The van der Waals surface area contributed by atoms with E-state index in [1.54, 1.807) is 42.3 Å². The lowest BCUT2D eigenvalue weighted by atomic mass is 10.2. The van der Waals surface area contributed by atoms with Gasteiger partial charge >= 0.3 is 0 Å². The van der Waals surface area contributed by atoms with Crippen molar-refractivity contribution in [3.05, 3.63) is 70.4 Å². The van der Waals surface area contributed by atoms with Crippen LogP contribution in [0, 0.1) is 5.82 Å². The Morgan fingerprint density at radius 3 is 2.71 bits per heavy atom. The molecule has 0 saturated heterocycles. The zero-order valence-corrected chi connectivity index (χ0v) is 19.2. The van der Waals surface area contributed by atoms with Crippen LogP contribution in [0.15, 0.2) is 59.1 Å². The molecule has 4 rings (SSSR count). The molecule has 0 aliphatic carbocycles. The van der Waals surface area contributed by atoms with Crippen molar-refractivity contribution >= 4 is 34.7 Å². The molecule has 31 heavy (non-hydrogen) atoms. The maximum Gasteiger partial charge on any atom is 0.191 e. The van der Waals surface area contributed by atoms with Crippen LogP contribution < -0.4 is 0 Å². The molecule has 0 aliphatic heterocycles. The van der Waals surface area contributed by atoms with Gasteiger partial charge in [0.2, 0.25) is 0 Å². The maximum atomic E-state index is 13.2. The Balaban J connectivity index is 1.53. The number of hydrogen-bond donors (Lipinski definition) is 0. The molecular formula is C22H20ClFN4OS2. The minimum absolute atomic E-state index is 0.252. The van der Waals surface area contributed by atoms with E-state index in [9.17, 15) is 4.39 Å². The predicted molar refractivity (Wildman–Crippen MR) is 124 cm³/mol. The molecule has 0 bridgehead atoms. The van der Waals surface area contributed by atoms with E-state index in [1.807, 2.05) is 29.6 Å². The molecule has 0 N–H and O–H groups in total. The van der Waals surface area contributed by atoms with Gasteiger partial charge in [-0.25, -0.2) is 9.37 Å².